The fourth-order valence-corrected chi connectivity index (χ4v) is 3.85. The van der Waals surface area contributed by atoms with E-state index in [0.29, 0.717) is 6.42 Å². The first-order chi connectivity index (χ1) is 13.2. The zero-order chi connectivity index (χ0) is 20.4. The maximum Gasteiger partial charge on any atom is 0.408 e. The van der Waals surface area contributed by atoms with Gasteiger partial charge in [0.1, 0.15) is 11.6 Å². The predicted octanol–water partition coefficient (Wildman–Crippen LogP) is 3.18. The highest BCUT2D eigenvalue weighted by atomic mass is 16.9. The van der Waals surface area contributed by atoms with Gasteiger partial charge in [-0.1, -0.05) is 36.8 Å². The molecule has 3 rings (SSSR count). The standard InChI is InChI=1S/C21H30N2O5/c1-20(2,3)27-19(25)22-17-12-8-9-13-21(17)23(28-21)16(18(24)26-4)14-15-10-6-5-7-11-15/h5-7,10-11,16-17H,8-9,12-14H2,1-4H3,(H,22,25)/t16-,17-,21-,23?/m1/s1. The number of amides is 1. The van der Waals surface area contributed by atoms with Crippen molar-refractivity contribution in [1.29, 1.82) is 0 Å². The molecule has 28 heavy (non-hydrogen) atoms. The van der Waals surface area contributed by atoms with Crippen LogP contribution in [0, 0.1) is 0 Å². The molecule has 1 aliphatic heterocycles. The molecule has 1 aromatic carbocycles. The summed E-state index contributed by atoms with van der Waals surface area (Å²) in [7, 11) is 1.38. The fraction of sp³-hybridized carbons (Fsp3) is 0.619. The third-order valence-electron chi connectivity index (χ3n) is 5.14. The summed E-state index contributed by atoms with van der Waals surface area (Å²) in [4.78, 5) is 30.8. The molecule has 1 heterocycles. The highest BCUT2D eigenvalue weighted by molar-refractivity contribution is 5.76. The summed E-state index contributed by atoms with van der Waals surface area (Å²) in [5, 5.41) is 4.67. The van der Waals surface area contributed by atoms with Crippen LogP contribution < -0.4 is 5.32 Å². The number of nitrogens with one attached hydrogen (secondary N) is 1. The topological polar surface area (TPSA) is 80.2 Å². The number of nitrogens with zero attached hydrogens (tertiary/aromatic N) is 1. The summed E-state index contributed by atoms with van der Waals surface area (Å²) in [6.45, 7) is 5.49. The third kappa shape index (κ3) is 4.64. The number of methoxy groups -OCH3 is 1. The molecule has 2 fully saturated rings. The molecule has 0 radical (unpaired) electrons. The highest BCUT2D eigenvalue weighted by Crippen LogP contribution is 2.49. The molecule has 4 atom stereocenters. The Morgan fingerprint density at radius 3 is 2.64 bits per heavy atom. The molecule has 154 valence electrons. The minimum absolute atomic E-state index is 0.237. The molecule has 1 aromatic rings. The lowest BCUT2D eigenvalue weighted by Crippen LogP contribution is -2.52. The number of alkyl carbamates (subject to hydrolysis) is 1. The quantitative estimate of drug-likeness (QED) is 0.614. The van der Waals surface area contributed by atoms with E-state index in [0.717, 1.165) is 31.2 Å². The van der Waals surface area contributed by atoms with Crippen LogP contribution in [0.2, 0.25) is 0 Å². The van der Waals surface area contributed by atoms with Gasteiger partial charge < -0.3 is 14.8 Å². The second kappa shape index (κ2) is 8.09. The maximum absolute atomic E-state index is 12.5. The Hall–Kier alpha value is -2.12. The zero-order valence-corrected chi connectivity index (χ0v) is 17.1. The summed E-state index contributed by atoms with van der Waals surface area (Å²) < 4.78 is 10.4. The van der Waals surface area contributed by atoms with Crippen molar-refractivity contribution < 1.29 is 23.9 Å². The zero-order valence-electron chi connectivity index (χ0n) is 17.1. The molecule has 0 aromatic heterocycles. The molecule has 1 saturated heterocycles. The minimum Gasteiger partial charge on any atom is -0.468 e. The lowest BCUT2D eigenvalue weighted by atomic mass is 9.87. The second-order valence-electron chi connectivity index (χ2n) is 8.44. The summed E-state index contributed by atoms with van der Waals surface area (Å²) in [6, 6.07) is 8.97. The van der Waals surface area contributed by atoms with Crippen LogP contribution in [0.3, 0.4) is 0 Å². The van der Waals surface area contributed by atoms with E-state index in [-0.39, 0.29) is 12.0 Å². The van der Waals surface area contributed by atoms with Crippen molar-refractivity contribution in [3.8, 4) is 0 Å². The van der Waals surface area contributed by atoms with E-state index in [1.165, 1.54) is 7.11 Å². The van der Waals surface area contributed by atoms with Crippen LogP contribution in [-0.2, 0) is 25.5 Å². The SMILES string of the molecule is COC(=O)[C@@H](Cc1ccccc1)N1O[C@@]12CCCC[C@H]2NC(=O)OC(C)(C)C. The third-order valence-corrected chi connectivity index (χ3v) is 5.14. The molecule has 7 heteroatoms. The van der Waals surface area contributed by atoms with Crippen LogP contribution in [0.5, 0.6) is 0 Å². The van der Waals surface area contributed by atoms with E-state index in [4.69, 9.17) is 14.3 Å². The van der Waals surface area contributed by atoms with E-state index >= 15 is 0 Å². The largest absolute Gasteiger partial charge is 0.468 e. The van der Waals surface area contributed by atoms with Gasteiger partial charge in [0, 0.05) is 6.42 Å². The number of hydroxylamine groups is 2. The summed E-state index contributed by atoms with van der Waals surface area (Å²) >= 11 is 0. The number of esters is 1. The summed E-state index contributed by atoms with van der Waals surface area (Å²) in [5.74, 6) is -0.345. The van der Waals surface area contributed by atoms with E-state index in [1.54, 1.807) is 5.06 Å². The van der Waals surface area contributed by atoms with Gasteiger partial charge >= 0.3 is 12.1 Å². The van der Waals surface area contributed by atoms with Crippen molar-refractivity contribution in [3.05, 3.63) is 35.9 Å². The fourth-order valence-electron chi connectivity index (χ4n) is 3.85. The van der Waals surface area contributed by atoms with Crippen LogP contribution in [0.25, 0.3) is 0 Å². The summed E-state index contributed by atoms with van der Waals surface area (Å²) in [5.41, 5.74) is -0.225. The number of carbonyl (C=O) groups is 2. The van der Waals surface area contributed by atoms with Crippen molar-refractivity contribution in [2.24, 2.45) is 0 Å². The van der Waals surface area contributed by atoms with Gasteiger partial charge in [0.05, 0.1) is 13.2 Å². The second-order valence-corrected chi connectivity index (χ2v) is 8.44. The number of hydrogen-bond donors (Lipinski definition) is 1. The molecule has 0 bridgehead atoms. The number of hydrogen-bond acceptors (Lipinski definition) is 6. The molecule has 1 aliphatic carbocycles. The van der Waals surface area contributed by atoms with E-state index in [1.807, 2.05) is 51.1 Å². The Kier molecular flexibility index (Phi) is 5.95. The van der Waals surface area contributed by atoms with E-state index in [2.05, 4.69) is 5.32 Å². The van der Waals surface area contributed by atoms with Crippen LogP contribution in [0.1, 0.15) is 52.0 Å². The molecule has 1 unspecified atom stereocenters. The summed E-state index contributed by atoms with van der Waals surface area (Å²) in [6.07, 6.45) is 3.49. The Bertz CT molecular complexity index is 702. The number of rotatable bonds is 5. The van der Waals surface area contributed by atoms with Gasteiger partial charge in [-0.15, -0.1) is 5.06 Å². The first-order valence-electron chi connectivity index (χ1n) is 9.85. The Labute approximate surface area is 166 Å². The van der Waals surface area contributed by atoms with Crippen LogP contribution >= 0.6 is 0 Å². The van der Waals surface area contributed by atoms with Gasteiger partial charge in [-0.3, -0.25) is 9.63 Å². The van der Waals surface area contributed by atoms with Gasteiger partial charge in [0.15, 0.2) is 5.72 Å². The lowest BCUT2D eigenvalue weighted by Gasteiger charge is -2.31. The van der Waals surface area contributed by atoms with Crippen molar-refractivity contribution in [2.75, 3.05) is 7.11 Å². The van der Waals surface area contributed by atoms with Gasteiger partial charge in [0.25, 0.3) is 0 Å². The molecule has 1 amide bonds. The van der Waals surface area contributed by atoms with Crippen molar-refractivity contribution in [2.45, 2.75) is 76.3 Å². The first kappa shape index (κ1) is 20.6. The molecule has 1 spiro atoms. The van der Waals surface area contributed by atoms with Gasteiger partial charge in [-0.05, 0) is 45.6 Å². The van der Waals surface area contributed by atoms with Gasteiger partial charge in [-0.25, -0.2) is 4.79 Å². The minimum atomic E-state index is -0.678. The molecule has 1 saturated carbocycles. The average molecular weight is 390 g/mol. The number of ether oxygens (including phenoxy) is 2. The van der Waals surface area contributed by atoms with Crippen molar-refractivity contribution in [3.63, 3.8) is 0 Å². The van der Waals surface area contributed by atoms with Crippen molar-refractivity contribution in [1.82, 2.24) is 10.4 Å². The molecule has 1 N–H and O–H groups in total. The molecule has 7 nitrogen and oxygen atoms in total. The van der Waals surface area contributed by atoms with E-state index < -0.39 is 23.5 Å². The smallest absolute Gasteiger partial charge is 0.408 e. The van der Waals surface area contributed by atoms with E-state index in [9.17, 15) is 9.59 Å². The highest BCUT2D eigenvalue weighted by Gasteiger charge is 2.65. The van der Waals surface area contributed by atoms with Gasteiger partial charge in [0.2, 0.25) is 0 Å². The van der Waals surface area contributed by atoms with Crippen LogP contribution in [0.15, 0.2) is 30.3 Å². The number of carbonyl (C=O) groups excluding carboxylic acids is 2. The van der Waals surface area contributed by atoms with Crippen LogP contribution in [-0.4, -0.2) is 47.6 Å². The van der Waals surface area contributed by atoms with Gasteiger partial charge in [-0.2, -0.15) is 0 Å². The van der Waals surface area contributed by atoms with Crippen molar-refractivity contribution >= 4 is 12.1 Å². The Balaban J connectivity index is 1.74. The lowest BCUT2D eigenvalue weighted by molar-refractivity contribution is -0.147. The molecular weight excluding hydrogens is 360 g/mol. The first-order valence-corrected chi connectivity index (χ1v) is 9.85. The maximum atomic E-state index is 12.5. The Morgan fingerprint density at radius 2 is 2.00 bits per heavy atom. The number of benzene rings is 1. The average Bonchev–Trinajstić information content (AvgIpc) is 3.34. The Morgan fingerprint density at radius 1 is 1.29 bits per heavy atom. The molecule has 2 aliphatic rings. The monoisotopic (exact) mass is 390 g/mol. The normalized spacial score (nSPS) is 27.7. The molecular formula is C21H30N2O5. The van der Waals surface area contributed by atoms with Crippen LogP contribution in [0.4, 0.5) is 4.79 Å². The predicted molar refractivity (Wildman–Crippen MR) is 103 cm³/mol.